The third-order valence-corrected chi connectivity index (χ3v) is 6.29. The van der Waals surface area contributed by atoms with Crippen LogP contribution in [0.3, 0.4) is 0 Å². The summed E-state index contributed by atoms with van der Waals surface area (Å²) >= 11 is -0.197. The summed E-state index contributed by atoms with van der Waals surface area (Å²) in [6, 6.07) is 5.34. The highest BCUT2D eigenvalue weighted by Gasteiger charge is 2.33. The van der Waals surface area contributed by atoms with Crippen LogP contribution in [0.4, 0.5) is 13.2 Å². The molecule has 1 saturated heterocycles. The summed E-state index contributed by atoms with van der Waals surface area (Å²) in [6.45, 7) is 2.17. The van der Waals surface area contributed by atoms with Crippen LogP contribution in [-0.2, 0) is 14.6 Å². The molecule has 9 heteroatoms. The lowest BCUT2D eigenvalue weighted by molar-refractivity contribution is -0.127. The van der Waals surface area contributed by atoms with Crippen molar-refractivity contribution in [2.75, 3.05) is 18.1 Å². The third kappa shape index (κ3) is 6.07. The van der Waals surface area contributed by atoms with Gasteiger partial charge in [0, 0.05) is 23.6 Å². The first kappa shape index (κ1) is 19.8. The number of thioether (sulfide) groups is 1. The zero-order valence-electron chi connectivity index (χ0n) is 13.5. The van der Waals surface area contributed by atoms with Crippen LogP contribution >= 0.6 is 11.8 Å². The number of rotatable bonds is 5. The second-order valence-corrected chi connectivity index (χ2v) is 9.00. The smallest absolute Gasteiger partial charge is 0.335 e. The van der Waals surface area contributed by atoms with Crippen molar-refractivity contribution in [1.82, 2.24) is 4.90 Å². The molecule has 0 radical (unpaired) electrons. The van der Waals surface area contributed by atoms with E-state index in [4.69, 9.17) is 0 Å². The van der Waals surface area contributed by atoms with E-state index in [1.807, 2.05) is 0 Å². The maximum absolute atomic E-state index is 12.3. The van der Waals surface area contributed by atoms with Crippen molar-refractivity contribution in [2.24, 2.45) is 0 Å². The molecule has 1 heterocycles. The first-order chi connectivity index (χ1) is 11.6. The molecule has 0 N–H and O–H groups in total. The van der Waals surface area contributed by atoms with Gasteiger partial charge in [0.1, 0.15) is 0 Å². The van der Waals surface area contributed by atoms with Crippen LogP contribution in [0, 0.1) is 0 Å². The van der Waals surface area contributed by atoms with Gasteiger partial charge < -0.3 is 4.90 Å². The van der Waals surface area contributed by atoms with Gasteiger partial charge in [0.25, 0.3) is 0 Å². The molecule has 1 aromatic rings. The molecule has 138 valence electrons. The lowest BCUT2D eigenvalue weighted by atomic mass is 10.2. The molecule has 0 spiro atoms. The van der Waals surface area contributed by atoms with Gasteiger partial charge in [-0.05, 0) is 48.9 Å². The molecule has 1 atom stereocenters. The summed E-state index contributed by atoms with van der Waals surface area (Å²) in [7, 11) is -3.08. The Bertz CT molecular complexity index is 743. The molecular weight excluding hydrogens is 375 g/mol. The lowest BCUT2D eigenvalue weighted by Crippen LogP contribution is -2.40. The van der Waals surface area contributed by atoms with Crippen LogP contribution in [0.5, 0.6) is 0 Å². The van der Waals surface area contributed by atoms with Crippen LogP contribution in [-0.4, -0.2) is 48.8 Å². The summed E-state index contributed by atoms with van der Waals surface area (Å²) in [5.41, 5.74) is -3.74. The molecule has 1 aliphatic rings. The molecule has 25 heavy (non-hydrogen) atoms. The van der Waals surface area contributed by atoms with Gasteiger partial charge in [-0.2, -0.15) is 13.2 Å². The van der Waals surface area contributed by atoms with E-state index in [2.05, 4.69) is 0 Å². The second-order valence-electron chi connectivity index (χ2n) is 5.63. The number of likely N-dealkylation sites (N-methyl/N-ethyl adjacent to an activating group) is 1. The summed E-state index contributed by atoms with van der Waals surface area (Å²) in [5.74, 6) is -0.244. The van der Waals surface area contributed by atoms with E-state index >= 15 is 0 Å². The normalized spacial score (nSPS) is 20.1. The van der Waals surface area contributed by atoms with Gasteiger partial charge >= 0.3 is 5.51 Å². The maximum Gasteiger partial charge on any atom is 0.446 e. The second kappa shape index (κ2) is 7.82. The van der Waals surface area contributed by atoms with Crippen LogP contribution < -0.4 is 0 Å². The fourth-order valence-corrected chi connectivity index (χ4v) is 4.93. The van der Waals surface area contributed by atoms with Crippen LogP contribution in [0.25, 0.3) is 6.08 Å². The van der Waals surface area contributed by atoms with Crippen molar-refractivity contribution < 1.29 is 26.4 Å². The predicted octanol–water partition coefficient (Wildman–Crippen LogP) is 3.35. The van der Waals surface area contributed by atoms with Crippen molar-refractivity contribution >= 4 is 33.6 Å². The van der Waals surface area contributed by atoms with E-state index < -0.39 is 15.3 Å². The number of benzene rings is 1. The summed E-state index contributed by atoms with van der Waals surface area (Å²) in [6.07, 6.45) is 3.26. The SMILES string of the molecule is CCN(C(=O)/C=C/c1ccc(SC(F)(F)F)cc1)C1CCS(=O)(=O)C1. The number of hydrogen-bond donors (Lipinski definition) is 0. The Morgan fingerprint density at radius 2 is 1.96 bits per heavy atom. The van der Waals surface area contributed by atoms with Crippen LogP contribution in [0.2, 0.25) is 0 Å². The number of alkyl halides is 3. The fourth-order valence-electron chi connectivity index (χ4n) is 2.66. The van der Waals surface area contributed by atoms with Gasteiger partial charge in [-0.25, -0.2) is 8.42 Å². The van der Waals surface area contributed by atoms with Gasteiger partial charge in [-0.3, -0.25) is 4.79 Å². The molecule has 4 nitrogen and oxygen atoms in total. The average molecular weight is 393 g/mol. The number of carbonyl (C=O) groups is 1. The first-order valence-corrected chi connectivity index (χ1v) is 10.3. The van der Waals surface area contributed by atoms with Gasteiger partial charge in [-0.1, -0.05) is 12.1 Å². The van der Waals surface area contributed by atoms with E-state index in [9.17, 15) is 26.4 Å². The number of nitrogens with zero attached hydrogens (tertiary/aromatic N) is 1. The van der Waals surface area contributed by atoms with Gasteiger partial charge in [0.2, 0.25) is 5.91 Å². The summed E-state index contributed by atoms with van der Waals surface area (Å²) in [5, 5.41) is 0. The zero-order chi connectivity index (χ0) is 18.7. The molecule has 2 rings (SSSR count). The molecule has 1 aliphatic heterocycles. The van der Waals surface area contributed by atoms with E-state index in [1.165, 1.54) is 41.3 Å². The number of halogens is 3. The number of sulfone groups is 1. The van der Waals surface area contributed by atoms with E-state index in [0.717, 1.165) is 0 Å². The Morgan fingerprint density at radius 3 is 2.44 bits per heavy atom. The maximum atomic E-state index is 12.3. The van der Waals surface area contributed by atoms with Gasteiger partial charge in [0.15, 0.2) is 9.84 Å². The van der Waals surface area contributed by atoms with Crippen molar-refractivity contribution in [2.45, 2.75) is 29.8 Å². The van der Waals surface area contributed by atoms with E-state index in [1.54, 1.807) is 6.92 Å². The predicted molar refractivity (Wildman–Crippen MR) is 91.8 cm³/mol. The number of amides is 1. The minimum absolute atomic E-state index is 0.0240. The van der Waals surface area contributed by atoms with Crippen molar-refractivity contribution in [3.63, 3.8) is 0 Å². The van der Waals surface area contributed by atoms with E-state index in [0.29, 0.717) is 18.5 Å². The Morgan fingerprint density at radius 1 is 1.32 bits per heavy atom. The fraction of sp³-hybridized carbons (Fsp3) is 0.438. The number of carbonyl (C=O) groups excluding carboxylic acids is 1. The Kier molecular flexibility index (Phi) is 6.21. The molecule has 0 bridgehead atoms. The standard InChI is InChI=1S/C16H18F3NO3S2/c1-2-20(13-9-10-25(22,23)11-13)15(21)8-5-12-3-6-14(7-4-12)24-16(17,18)19/h3-8,13H,2,9-11H2,1H3/b8-5+. The highest BCUT2D eigenvalue weighted by Crippen LogP contribution is 2.36. The number of hydrogen-bond acceptors (Lipinski definition) is 4. The lowest BCUT2D eigenvalue weighted by Gasteiger charge is -2.25. The third-order valence-electron chi connectivity index (χ3n) is 3.80. The molecule has 0 saturated carbocycles. The van der Waals surface area contributed by atoms with Crippen LogP contribution in [0.15, 0.2) is 35.2 Å². The van der Waals surface area contributed by atoms with Crippen LogP contribution in [0.1, 0.15) is 18.9 Å². The summed E-state index contributed by atoms with van der Waals surface area (Å²) in [4.78, 5) is 13.9. The first-order valence-electron chi connectivity index (χ1n) is 7.64. The van der Waals surface area contributed by atoms with E-state index in [-0.39, 0.29) is 40.1 Å². The molecule has 1 fully saturated rings. The minimum atomic E-state index is -4.34. The molecule has 1 unspecified atom stereocenters. The summed E-state index contributed by atoms with van der Waals surface area (Å²) < 4.78 is 60.0. The Balaban J connectivity index is 2.01. The molecule has 1 amide bonds. The molecular formula is C16H18F3NO3S2. The van der Waals surface area contributed by atoms with Crippen molar-refractivity contribution in [1.29, 1.82) is 0 Å². The topological polar surface area (TPSA) is 54.5 Å². The highest BCUT2D eigenvalue weighted by molar-refractivity contribution is 8.00. The molecule has 1 aromatic carbocycles. The van der Waals surface area contributed by atoms with Gasteiger partial charge in [-0.15, -0.1) is 0 Å². The zero-order valence-corrected chi connectivity index (χ0v) is 15.1. The molecule has 0 aromatic heterocycles. The quantitative estimate of drug-likeness (QED) is 0.569. The van der Waals surface area contributed by atoms with Crippen molar-refractivity contribution in [3.8, 4) is 0 Å². The molecule has 0 aliphatic carbocycles. The van der Waals surface area contributed by atoms with Gasteiger partial charge in [0.05, 0.1) is 11.5 Å². The minimum Gasteiger partial charge on any atom is -0.335 e. The largest absolute Gasteiger partial charge is 0.446 e. The monoisotopic (exact) mass is 393 g/mol. The Labute approximate surface area is 149 Å². The average Bonchev–Trinajstić information content (AvgIpc) is 2.85. The highest BCUT2D eigenvalue weighted by atomic mass is 32.2. The van der Waals surface area contributed by atoms with Crippen molar-refractivity contribution in [3.05, 3.63) is 35.9 Å². The Hall–Kier alpha value is -1.48.